The van der Waals surface area contributed by atoms with Crippen molar-refractivity contribution in [3.8, 4) is 0 Å². The average Bonchev–Trinajstić information content (AvgIpc) is 2.43. The second kappa shape index (κ2) is 6.86. The van der Waals surface area contributed by atoms with E-state index < -0.39 is 0 Å². The molecule has 0 heterocycles. The van der Waals surface area contributed by atoms with Gasteiger partial charge in [0.15, 0.2) is 0 Å². The number of hydrogen-bond acceptors (Lipinski definition) is 2. The predicted molar refractivity (Wildman–Crippen MR) is 86.0 cm³/mol. The van der Waals surface area contributed by atoms with Gasteiger partial charge in [-0.1, -0.05) is 28.1 Å². The van der Waals surface area contributed by atoms with Crippen LogP contribution in [0.15, 0.2) is 46.9 Å². The van der Waals surface area contributed by atoms with Gasteiger partial charge in [-0.3, -0.25) is 0 Å². The van der Waals surface area contributed by atoms with Crippen LogP contribution in [0.2, 0.25) is 0 Å². The molecule has 0 aliphatic heterocycles. The number of rotatable bonds is 5. The Hall–Kier alpha value is -1.39. The van der Waals surface area contributed by atoms with E-state index in [1.54, 1.807) is 12.1 Å². The van der Waals surface area contributed by atoms with Crippen molar-refractivity contribution in [2.75, 3.05) is 18.5 Å². The second-order valence-electron chi connectivity index (χ2n) is 4.53. The highest BCUT2D eigenvalue weighted by Gasteiger charge is 2.12. The molecule has 0 unspecified atom stereocenters. The van der Waals surface area contributed by atoms with Gasteiger partial charge in [0, 0.05) is 28.9 Å². The van der Waals surface area contributed by atoms with Crippen molar-refractivity contribution in [2.45, 2.75) is 13.5 Å². The van der Waals surface area contributed by atoms with Crippen LogP contribution in [0.3, 0.4) is 0 Å². The molecule has 1 N–H and O–H groups in total. The van der Waals surface area contributed by atoms with Crippen molar-refractivity contribution in [2.24, 2.45) is 0 Å². The lowest BCUT2D eigenvalue weighted by Crippen LogP contribution is -2.19. The van der Waals surface area contributed by atoms with Crippen molar-refractivity contribution in [1.29, 1.82) is 0 Å². The Labute approximate surface area is 127 Å². The van der Waals surface area contributed by atoms with Gasteiger partial charge in [0.1, 0.15) is 5.82 Å². The lowest BCUT2D eigenvalue weighted by Gasteiger charge is -2.26. The van der Waals surface area contributed by atoms with E-state index in [1.165, 1.54) is 11.6 Å². The first-order valence-electron chi connectivity index (χ1n) is 6.62. The molecule has 0 aliphatic rings. The summed E-state index contributed by atoms with van der Waals surface area (Å²) in [6.45, 7) is 3.61. The minimum absolute atomic E-state index is 0.217. The maximum Gasteiger partial charge on any atom is 0.125 e. The van der Waals surface area contributed by atoms with E-state index >= 15 is 0 Å². The molecule has 0 atom stereocenters. The second-order valence-corrected chi connectivity index (χ2v) is 5.44. The Morgan fingerprint density at radius 2 is 2.00 bits per heavy atom. The molecular formula is C16H18BrFN2. The Morgan fingerprint density at radius 1 is 1.20 bits per heavy atom. The topological polar surface area (TPSA) is 15.3 Å². The molecule has 0 bridgehead atoms. The summed E-state index contributed by atoms with van der Waals surface area (Å²) < 4.78 is 14.5. The van der Waals surface area contributed by atoms with Crippen LogP contribution in [0.1, 0.15) is 12.5 Å². The normalized spacial score (nSPS) is 10.6. The number of nitrogens with zero attached hydrogens (tertiary/aromatic N) is 1. The van der Waals surface area contributed by atoms with Crippen LogP contribution in [0, 0.1) is 5.82 Å². The fraction of sp³-hybridized carbons (Fsp3) is 0.250. The first-order valence-corrected chi connectivity index (χ1v) is 7.41. The summed E-state index contributed by atoms with van der Waals surface area (Å²) in [7, 11) is 1.92. The SMILES string of the molecule is CCN(c1cccc(F)c1)c1cc(Br)ccc1CNC. The van der Waals surface area contributed by atoms with Crippen LogP contribution >= 0.6 is 15.9 Å². The zero-order valence-corrected chi connectivity index (χ0v) is 13.2. The van der Waals surface area contributed by atoms with Crippen molar-refractivity contribution in [3.63, 3.8) is 0 Å². The van der Waals surface area contributed by atoms with Crippen molar-refractivity contribution >= 4 is 27.3 Å². The molecule has 0 saturated carbocycles. The number of nitrogens with one attached hydrogen (secondary N) is 1. The molecule has 0 saturated heterocycles. The lowest BCUT2D eigenvalue weighted by molar-refractivity contribution is 0.627. The van der Waals surface area contributed by atoms with Gasteiger partial charge in [-0.2, -0.15) is 0 Å². The summed E-state index contributed by atoms with van der Waals surface area (Å²) in [4.78, 5) is 2.11. The lowest BCUT2D eigenvalue weighted by atomic mass is 10.1. The smallest absolute Gasteiger partial charge is 0.125 e. The molecule has 0 fully saturated rings. The predicted octanol–water partition coefficient (Wildman–Crippen LogP) is 4.47. The summed E-state index contributed by atoms with van der Waals surface area (Å²) in [6, 6.07) is 12.9. The van der Waals surface area contributed by atoms with E-state index in [2.05, 4.69) is 45.2 Å². The molecule has 2 rings (SSSR count). The molecule has 0 aliphatic carbocycles. The summed E-state index contributed by atoms with van der Waals surface area (Å²) in [6.07, 6.45) is 0. The van der Waals surface area contributed by atoms with E-state index in [-0.39, 0.29) is 5.82 Å². The quantitative estimate of drug-likeness (QED) is 0.866. The highest BCUT2D eigenvalue weighted by Crippen LogP contribution is 2.31. The number of anilines is 2. The Morgan fingerprint density at radius 3 is 2.65 bits per heavy atom. The van der Waals surface area contributed by atoms with Crippen LogP contribution in [-0.4, -0.2) is 13.6 Å². The van der Waals surface area contributed by atoms with E-state index in [0.717, 1.165) is 28.9 Å². The van der Waals surface area contributed by atoms with E-state index in [0.29, 0.717) is 0 Å². The van der Waals surface area contributed by atoms with Gasteiger partial charge in [0.25, 0.3) is 0 Å². The maximum atomic E-state index is 13.5. The Balaban J connectivity index is 2.48. The van der Waals surface area contributed by atoms with Gasteiger partial charge in [-0.15, -0.1) is 0 Å². The molecule has 20 heavy (non-hydrogen) atoms. The molecule has 0 aromatic heterocycles. The molecule has 0 spiro atoms. The first-order chi connectivity index (χ1) is 9.65. The number of benzene rings is 2. The molecule has 0 radical (unpaired) electrons. The van der Waals surface area contributed by atoms with Crippen LogP contribution in [-0.2, 0) is 6.54 Å². The van der Waals surface area contributed by atoms with Gasteiger partial charge in [-0.25, -0.2) is 4.39 Å². The van der Waals surface area contributed by atoms with Crippen molar-refractivity contribution in [3.05, 3.63) is 58.3 Å². The van der Waals surface area contributed by atoms with Crippen molar-refractivity contribution < 1.29 is 4.39 Å². The summed E-state index contributed by atoms with van der Waals surface area (Å²) in [5.41, 5.74) is 3.13. The Kier molecular flexibility index (Phi) is 5.15. The third-order valence-electron chi connectivity index (χ3n) is 3.14. The van der Waals surface area contributed by atoms with Gasteiger partial charge in [0.05, 0.1) is 0 Å². The largest absolute Gasteiger partial charge is 0.341 e. The average molecular weight is 337 g/mol. The zero-order valence-electron chi connectivity index (χ0n) is 11.7. The zero-order chi connectivity index (χ0) is 14.5. The third-order valence-corrected chi connectivity index (χ3v) is 3.63. The molecular weight excluding hydrogens is 319 g/mol. The van der Waals surface area contributed by atoms with Crippen LogP contribution < -0.4 is 10.2 Å². The van der Waals surface area contributed by atoms with Gasteiger partial charge in [0.2, 0.25) is 0 Å². The van der Waals surface area contributed by atoms with E-state index in [4.69, 9.17) is 0 Å². The molecule has 2 aromatic rings. The summed E-state index contributed by atoms with van der Waals surface area (Å²) >= 11 is 3.51. The highest BCUT2D eigenvalue weighted by molar-refractivity contribution is 9.10. The Bertz CT molecular complexity index is 586. The van der Waals surface area contributed by atoms with E-state index in [1.807, 2.05) is 19.2 Å². The summed E-state index contributed by atoms with van der Waals surface area (Å²) in [5.74, 6) is -0.217. The van der Waals surface area contributed by atoms with Crippen LogP contribution in [0.25, 0.3) is 0 Å². The first kappa shape index (κ1) is 15.0. The van der Waals surface area contributed by atoms with Crippen LogP contribution in [0.5, 0.6) is 0 Å². The number of hydrogen-bond donors (Lipinski definition) is 1. The number of halogens is 2. The van der Waals surface area contributed by atoms with Gasteiger partial charge >= 0.3 is 0 Å². The molecule has 106 valence electrons. The van der Waals surface area contributed by atoms with Crippen LogP contribution in [0.4, 0.5) is 15.8 Å². The third kappa shape index (κ3) is 3.38. The fourth-order valence-corrected chi connectivity index (χ4v) is 2.61. The van der Waals surface area contributed by atoms with Crippen molar-refractivity contribution in [1.82, 2.24) is 5.32 Å². The molecule has 2 aromatic carbocycles. The minimum atomic E-state index is -0.217. The maximum absolute atomic E-state index is 13.5. The summed E-state index contributed by atoms with van der Waals surface area (Å²) in [5, 5.41) is 3.17. The minimum Gasteiger partial charge on any atom is -0.341 e. The van der Waals surface area contributed by atoms with Gasteiger partial charge < -0.3 is 10.2 Å². The monoisotopic (exact) mass is 336 g/mol. The molecule has 2 nitrogen and oxygen atoms in total. The standard InChI is InChI=1S/C16H18BrFN2/c1-3-20(15-6-4-5-14(18)10-15)16-9-13(17)8-7-12(16)11-19-2/h4-10,19H,3,11H2,1-2H3. The van der Waals surface area contributed by atoms with Gasteiger partial charge in [-0.05, 0) is 49.9 Å². The molecule has 4 heteroatoms. The highest BCUT2D eigenvalue weighted by atomic mass is 79.9. The fourth-order valence-electron chi connectivity index (χ4n) is 2.26. The molecule has 0 amide bonds. The van der Waals surface area contributed by atoms with E-state index in [9.17, 15) is 4.39 Å².